The van der Waals surface area contributed by atoms with Gasteiger partial charge in [-0.15, -0.1) is 0 Å². The Balaban J connectivity index is 1.41. The van der Waals surface area contributed by atoms with Crippen molar-refractivity contribution in [3.8, 4) is 11.1 Å². The number of carbonyl (C=O) groups is 3. The van der Waals surface area contributed by atoms with Gasteiger partial charge in [-0.1, -0.05) is 68.4 Å². The number of fused-ring (bicyclic) bond motifs is 1. The maximum Gasteiger partial charge on any atom is 0.337 e. The molecule has 3 aromatic rings. The van der Waals surface area contributed by atoms with Crippen LogP contribution >= 0.6 is 0 Å². The van der Waals surface area contributed by atoms with Gasteiger partial charge in [0.05, 0.1) is 12.7 Å². The Bertz CT molecular complexity index is 1370. The van der Waals surface area contributed by atoms with Gasteiger partial charge in [0.1, 0.15) is 0 Å². The van der Waals surface area contributed by atoms with E-state index in [9.17, 15) is 14.4 Å². The number of ether oxygens (including phenoxy) is 1. The van der Waals surface area contributed by atoms with Gasteiger partial charge in [0.25, 0.3) is 0 Å². The van der Waals surface area contributed by atoms with Crippen LogP contribution in [0.15, 0.2) is 66.7 Å². The lowest BCUT2D eigenvalue weighted by molar-refractivity contribution is -0.135. The summed E-state index contributed by atoms with van der Waals surface area (Å²) in [6.45, 7) is 5.42. The SMILES string of the molecule is COC(=O)c1cccc(-c2ccc(CNC(=O)[C@@H]3C[C@H]3c3ccccc3)c3c2CCN(C(=O)C(C)C)C3)c1. The molecule has 0 saturated heterocycles. The average Bonchev–Trinajstić information content (AvgIpc) is 3.76. The van der Waals surface area contributed by atoms with Gasteiger partial charge < -0.3 is 15.0 Å². The first kappa shape index (κ1) is 25.7. The molecule has 0 aromatic heterocycles. The summed E-state index contributed by atoms with van der Waals surface area (Å²) in [5.41, 5.74) is 6.98. The number of carbonyl (C=O) groups excluding carboxylic acids is 3. The lowest BCUT2D eigenvalue weighted by Gasteiger charge is -2.33. The normalized spacial score (nSPS) is 18.1. The van der Waals surface area contributed by atoms with Crippen LogP contribution in [-0.4, -0.2) is 36.3 Å². The van der Waals surface area contributed by atoms with Crippen molar-refractivity contribution < 1.29 is 19.1 Å². The first-order chi connectivity index (χ1) is 18.4. The highest BCUT2D eigenvalue weighted by Gasteiger charge is 2.43. The first-order valence-electron chi connectivity index (χ1n) is 13.3. The standard InChI is InChI=1S/C32H34N2O4/c1-20(2)31(36)34-15-14-26-25(22-10-7-11-23(16-22)32(37)38-3)13-12-24(29(26)19-34)18-33-30(35)28-17-27(28)21-8-5-4-6-9-21/h4-13,16,20,27-28H,14-15,17-19H2,1-3H3,(H,33,35)/t27-,28+/m0/s1. The van der Waals surface area contributed by atoms with Crippen LogP contribution in [0, 0.1) is 11.8 Å². The fraction of sp³-hybridized carbons (Fsp3) is 0.344. The number of methoxy groups -OCH3 is 1. The van der Waals surface area contributed by atoms with Crippen LogP contribution in [0.5, 0.6) is 0 Å². The van der Waals surface area contributed by atoms with E-state index in [2.05, 4.69) is 23.5 Å². The van der Waals surface area contributed by atoms with E-state index in [1.165, 1.54) is 18.2 Å². The minimum atomic E-state index is -0.373. The molecule has 2 aliphatic rings. The maximum atomic E-state index is 13.0. The number of benzene rings is 3. The Morgan fingerprint density at radius 3 is 2.53 bits per heavy atom. The molecule has 1 N–H and O–H groups in total. The van der Waals surface area contributed by atoms with Gasteiger partial charge in [-0.3, -0.25) is 9.59 Å². The largest absolute Gasteiger partial charge is 0.465 e. The number of hydrogen-bond donors (Lipinski definition) is 1. The molecule has 6 nitrogen and oxygen atoms in total. The Morgan fingerprint density at radius 1 is 1.00 bits per heavy atom. The van der Waals surface area contributed by atoms with E-state index in [0.29, 0.717) is 31.6 Å². The zero-order chi connectivity index (χ0) is 26.8. The number of amides is 2. The lowest BCUT2D eigenvalue weighted by atomic mass is 9.86. The summed E-state index contributed by atoms with van der Waals surface area (Å²) in [6.07, 6.45) is 1.59. The maximum absolute atomic E-state index is 13.0. The van der Waals surface area contributed by atoms with E-state index in [-0.39, 0.29) is 35.5 Å². The second-order valence-electron chi connectivity index (χ2n) is 10.5. The van der Waals surface area contributed by atoms with Crippen molar-refractivity contribution in [3.63, 3.8) is 0 Å². The van der Waals surface area contributed by atoms with E-state index >= 15 is 0 Å². The second-order valence-corrected chi connectivity index (χ2v) is 10.5. The Hall–Kier alpha value is -3.93. The quantitative estimate of drug-likeness (QED) is 0.449. The van der Waals surface area contributed by atoms with Gasteiger partial charge in [-0.2, -0.15) is 0 Å². The van der Waals surface area contributed by atoms with Crippen molar-refractivity contribution in [1.29, 1.82) is 0 Å². The summed E-state index contributed by atoms with van der Waals surface area (Å²) in [5, 5.41) is 3.16. The highest BCUT2D eigenvalue weighted by molar-refractivity contribution is 5.91. The summed E-state index contributed by atoms with van der Waals surface area (Å²) in [7, 11) is 1.38. The molecule has 1 fully saturated rings. The fourth-order valence-electron chi connectivity index (χ4n) is 5.53. The molecular formula is C32H34N2O4. The minimum Gasteiger partial charge on any atom is -0.465 e. The smallest absolute Gasteiger partial charge is 0.337 e. The van der Waals surface area contributed by atoms with Gasteiger partial charge in [0.2, 0.25) is 11.8 Å². The van der Waals surface area contributed by atoms with E-state index in [0.717, 1.165) is 28.7 Å². The topological polar surface area (TPSA) is 75.7 Å². The summed E-state index contributed by atoms with van der Waals surface area (Å²) in [4.78, 5) is 39.9. The molecule has 0 spiro atoms. The van der Waals surface area contributed by atoms with Crippen molar-refractivity contribution >= 4 is 17.8 Å². The molecule has 38 heavy (non-hydrogen) atoms. The molecule has 0 radical (unpaired) electrons. The molecule has 0 unspecified atom stereocenters. The Kier molecular flexibility index (Phi) is 7.32. The molecule has 1 aliphatic carbocycles. The van der Waals surface area contributed by atoms with Crippen LogP contribution in [-0.2, 0) is 33.8 Å². The molecule has 1 saturated carbocycles. The van der Waals surface area contributed by atoms with Gasteiger partial charge in [0.15, 0.2) is 0 Å². The van der Waals surface area contributed by atoms with Crippen LogP contribution in [0.4, 0.5) is 0 Å². The number of hydrogen-bond acceptors (Lipinski definition) is 4. The molecule has 0 bridgehead atoms. The lowest BCUT2D eigenvalue weighted by Crippen LogP contribution is -2.39. The number of nitrogens with zero attached hydrogens (tertiary/aromatic N) is 1. The highest BCUT2D eigenvalue weighted by Crippen LogP contribution is 2.47. The zero-order valence-electron chi connectivity index (χ0n) is 22.2. The fourth-order valence-corrected chi connectivity index (χ4v) is 5.53. The molecule has 3 aromatic carbocycles. The molecule has 1 aliphatic heterocycles. The van der Waals surface area contributed by atoms with E-state index in [1.807, 2.05) is 61.2 Å². The molecule has 6 heteroatoms. The van der Waals surface area contributed by atoms with Crippen molar-refractivity contribution in [1.82, 2.24) is 10.2 Å². The van der Waals surface area contributed by atoms with Crippen LogP contribution in [0.25, 0.3) is 11.1 Å². The average molecular weight is 511 g/mol. The van der Waals surface area contributed by atoms with Crippen molar-refractivity contribution in [3.05, 3.63) is 94.5 Å². The predicted molar refractivity (Wildman–Crippen MR) is 146 cm³/mol. The second kappa shape index (κ2) is 10.8. The van der Waals surface area contributed by atoms with Gasteiger partial charge in [-0.25, -0.2) is 4.79 Å². The van der Waals surface area contributed by atoms with Crippen molar-refractivity contribution in [2.24, 2.45) is 11.8 Å². The van der Waals surface area contributed by atoms with Crippen LogP contribution in [0.3, 0.4) is 0 Å². The monoisotopic (exact) mass is 510 g/mol. The summed E-state index contributed by atoms with van der Waals surface area (Å²) < 4.78 is 4.91. The number of esters is 1. The van der Waals surface area contributed by atoms with E-state index in [1.54, 1.807) is 6.07 Å². The highest BCUT2D eigenvalue weighted by atomic mass is 16.5. The van der Waals surface area contributed by atoms with Gasteiger partial charge in [-0.05, 0) is 64.3 Å². The zero-order valence-corrected chi connectivity index (χ0v) is 22.2. The predicted octanol–water partition coefficient (Wildman–Crippen LogP) is 5.10. The first-order valence-corrected chi connectivity index (χ1v) is 13.3. The van der Waals surface area contributed by atoms with Crippen LogP contribution in [0.1, 0.15) is 58.8 Å². The molecule has 196 valence electrons. The molecular weight excluding hydrogens is 476 g/mol. The van der Waals surface area contributed by atoms with E-state index < -0.39 is 0 Å². The Labute approximate surface area is 224 Å². The molecule has 5 rings (SSSR count). The number of rotatable bonds is 7. The molecule has 2 atom stereocenters. The summed E-state index contributed by atoms with van der Waals surface area (Å²) in [5.74, 6) is 0.0501. The van der Waals surface area contributed by atoms with Crippen molar-refractivity contribution in [2.45, 2.75) is 45.7 Å². The third-order valence-corrected chi connectivity index (χ3v) is 7.72. The number of nitrogens with one attached hydrogen (secondary N) is 1. The molecule has 1 heterocycles. The molecule has 2 amide bonds. The third-order valence-electron chi connectivity index (χ3n) is 7.72. The van der Waals surface area contributed by atoms with Crippen molar-refractivity contribution in [2.75, 3.05) is 13.7 Å². The summed E-state index contributed by atoms with van der Waals surface area (Å²) in [6, 6.07) is 21.8. The summed E-state index contributed by atoms with van der Waals surface area (Å²) >= 11 is 0. The third kappa shape index (κ3) is 5.21. The Morgan fingerprint density at radius 2 is 1.79 bits per heavy atom. The van der Waals surface area contributed by atoms with Crippen LogP contribution in [0.2, 0.25) is 0 Å². The van der Waals surface area contributed by atoms with Crippen LogP contribution < -0.4 is 5.32 Å². The van der Waals surface area contributed by atoms with Gasteiger partial charge in [0, 0.05) is 31.5 Å². The van der Waals surface area contributed by atoms with Gasteiger partial charge >= 0.3 is 5.97 Å². The van der Waals surface area contributed by atoms with E-state index in [4.69, 9.17) is 4.74 Å². The minimum absolute atomic E-state index is 0.00702.